The lowest BCUT2D eigenvalue weighted by Crippen LogP contribution is -2.49. The minimum atomic E-state index is -0.163. The van der Waals surface area contributed by atoms with Gasteiger partial charge in [0, 0.05) is 44.0 Å². The average molecular weight is 451 g/mol. The van der Waals surface area contributed by atoms with Crippen LogP contribution in [0, 0.1) is 18.3 Å². The molecule has 0 aliphatic carbocycles. The second-order valence-corrected chi connectivity index (χ2v) is 8.55. The molecule has 3 heterocycles. The van der Waals surface area contributed by atoms with Crippen LogP contribution in [0.15, 0.2) is 35.3 Å². The minimum absolute atomic E-state index is 0.118. The van der Waals surface area contributed by atoms with Crippen LogP contribution in [0.2, 0.25) is 0 Å². The molecule has 33 heavy (non-hydrogen) atoms. The van der Waals surface area contributed by atoms with E-state index in [9.17, 15) is 9.59 Å². The summed E-state index contributed by atoms with van der Waals surface area (Å²) < 4.78 is 5.88. The van der Waals surface area contributed by atoms with Gasteiger partial charge in [-0.3, -0.25) is 9.59 Å². The molecule has 0 spiro atoms. The Hall–Kier alpha value is -3.38. The monoisotopic (exact) mass is 450 g/mol. The summed E-state index contributed by atoms with van der Waals surface area (Å²) in [6.45, 7) is 6.54. The Balaban J connectivity index is 1.19. The number of aromatic nitrogens is 2. The number of benzene rings is 1. The third kappa shape index (κ3) is 5.34. The molecule has 0 bridgehead atoms. The number of H-pyrrole nitrogens is 1. The summed E-state index contributed by atoms with van der Waals surface area (Å²) in [6, 6.07) is 9.89. The molecule has 1 N–H and O–H groups in total. The van der Waals surface area contributed by atoms with E-state index >= 15 is 0 Å². The topological polar surface area (TPSA) is 106 Å². The number of aromatic amines is 1. The van der Waals surface area contributed by atoms with E-state index in [1.54, 1.807) is 6.20 Å². The molecule has 4 rings (SSSR count). The van der Waals surface area contributed by atoms with E-state index in [2.05, 4.69) is 26.1 Å². The molecule has 1 atom stereocenters. The molecule has 1 aromatic carbocycles. The third-order valence-electron chi connectivity index (χ3n) is 6.53. The fourth-order valence-electron chi connectivity index (χ4n) is 4.56. The Kier molecular flexibility index (Phi) is 7.25. The van der Waals surface area contributed by atoms with Gasteiger partial charge in [0.1, 0.15) is 0 Å². The zero-order chi connectivity index (χ0) is 23.2. The average Bonchev–Trinajstić information content (AvgIpc) is 3.32. The van der Waals surface area contributed by atoms with E-state index in [-0.39, 0.29) is 17.5 Å². The Bertz CT molecular complexity index is 1050. The van der Waals surface area contributed by atoms with Gasteiger partial charge in [0.2, 0.25) is 5.91 Å². The van der Waals surface area contributed by atoms with E-state index in [0.717, 1.165) is 43.9 Å². The van der Waals surface area contributed by atoms with Crippen LogP contribution in [0.4, 0.5) is 11.4 Å². The minimum Gasteiger partial charge on any atom is -0.379 e. The van der Waals surface area contributed by atoms with Crippen molar-refractivity contribution in [2.24, 2.45) is 0 Å². The first-order chi connectivity index (χ1) is 16.1. The van der Waals surface area contributed by atoms with Gasteiger partial charge in [-0.1, -0.05) is 0 Å². The predicted octanol–water partition coefficient (Wildman–Crippen LogP) is 1.67. The van der Waals surface area contributed by atoms with Crippen LogP contribution >= 0.6 is 0 Å². The maximum Gasteiger partial charge on any atom is 0.269 e. The summed E-state index contributed by atoms with van der Waals surface area (Å²) in [5, 5.41) is 15.3. The van der Waals surface area contributed by atoms with Crippen molar-refractivity contribution in [1.82, 2.24) is 15.1 Å². The molecule has 9 heteroatoms. The normalized spacial score (nSPS) is 18.4. The van der Waals surface area contributed by atoms with Crippen molar-refractivity contribution in [2.75, 3.05) is 55.7 Å². The summed E-state index contributed by atoms with van der Waals surface area (Å²) in [5.41, 5.74) is 3.10. The highest BCUT2D eigenvalue weighted by Crippen LogP contribution is 2.26. The van der Waals surface area contributed by atoms with E-state index in [1.165, 1.54) is 0 Å². The fraction of sp³-hybridized carbons (Fsp3) is 0.500. The van der Waals surface area contributed by atoms with E-state index in [0.29, 0.717) is 43.9 Å². The number of carbonyl (C=O) groups is 1. The summed E-state index contributed by atoms with van der Waals surface area (Å²) in [6.07, 6.45) is 4.12. The molecule has 2 aliphatic heterocycles. The number of nitrogens with one attached hydrogen (secondary N) is 1. The number of nitriles is 1. The van der Waals surface area contributed by atoms with Gasteiger partial charge < -0.3 is 19.4 Å². The molecule has 0 saturated carbocycles. The number of piperazine rings is 1. The van der Waals surface area contributed by atoms with Crippen molar-refractivity contribution >= 4 is 17.3 Å². The quantitative estimate of drug-likeness (QED) is 0.640. The summed E-state index contributed by atoms with van der Waals surface area (Å²) in [7, 11) is 0. The molecule has 0 radical (unpaired) electrons. The number of rotatable bonds is 7. The lowest BCUT2D eigenvalue weighted by Gasteiger charge is -2.36. The van der Waals surface area contributed by atoms with Crippen molar-refractivity contribution in [3.8, 4) is 6.07 Å². The summed E-state index contributed by atoms with van der Waals surface area (Å²) in [4.78, 5) is 30.8. The first kappa shape index (κ1) is 22.8. The van der Waals surface area contributed by atoms with Crippen LogP contribution in [-0.4, -0.2) is 73.0 Å². The van der Waals surface area contributed by atoms with Crippen LogP contribution in [0.3, 0.4) is 0 Å². The first-order valence-electron chi connectivity index (χ1n) is 11.5. The maximum atomic E-state index is 12.6. The molecular formula is C24H30N6O3. The molecule has 2 saturated heterocycles. The van der Waals surface area contributed by atoms with Crippen molar-refractivity contribution in [2.45, 2.75) is 32.2 Å². The number of nitrogens with zero attached hydrogens (tertiary/aromatic N) is 5. The number of anilines is 2. The fourth-order valence-corrected chi connectivity index (χ4v) is 4.56. The number of ether oxygens (including phenoxy) is 1. The lowest BCUT2D eigenvalue weighted by atomic mass is 10.2. The predicted molar refractivity (Wildman–Crippen MR) is 125 cm³/mol. The van der Waals surface area contributed by atoms with Crippen LogP contribution in [-0.2, 0) is 9.53 Å². The van der Waals surface area contributed by atoms with Gasteiger partial charge in [0.05, 0.1) is 49.2 Å². The van der Waals surface area contributed by atoms with E-state index in [1.807, 2.05) is 36.1 Å². The Morgan fingerprint density at radius 2 is 1.97 bits per heavy atom. The smallest absolute Gasteiger partial charge is 0.269 e. The van der Waals surface area contributed by atoms with E-state index < -0.39 is 0 Å². The van der Waals surface area contributed by atoms with Crippen LogP contribution in [0.25, 0.3) is 0 Å². The number of amides is 1. The highest BCUT2D eigenvalue weighted by atomic mass is 16.5. The number of hydrogen-bond donors (Lipinski definition) is 1. The molecule has 1 amide bonds. The number of hydrogen-bond acceptors (Lipinski definition) is 7. The Morgan fingerprint density at radius 3 is 2.70 bits per heavy atom. The van der Waals surface area contributed by atoms with Gasteiger partial charge >= 0.3 is 0 Å². The summed E-state index contributed by atoms with van der Waals surface area (Å²) >= 11 is 0. The zero-order valence-corrected chi connectivity index (χ0v) is 19.0. The first-order valence-corrected chi connectivity index (χ1v) is 11.5. The van der Waals surface area contributed by atoms with Crippen molar-refractivity contribution < 1.29 is 9.53 Å². The third-order valence-corrected chi connectivity index (χ3v) is 6.53. The largest absolute Gasteiger partial charge is 0.379 e. The van der Waals surface area contributed by atoms with Crippen molar-refractivity contribution in [3.63, 3.8) is 0 Å². The van der Waals surface area contributed by atoms with Crippen LogP contribution in [0.5, 0.6) is 0 Å². The lowest BCUT2D eigenvalue weighted by molar-refractivity contribution is -0.132. The molecule has 174 valence electrons. The molecule has 2 aliphatic rings. The Morgan fingerprint density at radius 1 is 1.21 bits per heavy atom. The standard InChI is InChI=1S/C24H30N6O3/c1-18-22(16-26-27-24(18)32)30-9-2-3-21(30)17-33-14-8-23(31)29-12-10-28(11-13-29)20-6-4-19(15-25)5-7-20/h4-7,16,21H,2-3,8-14,17H2,1H3,(H,27,32)/t21-/m0/s1. The van der Waals surface area contributed by atoms with Crippen molar-refractivity contribution in [3.05, 3.63) is 51.9 Å². The second-order valence-electron chi connectivity index (χ2n) is 8.55. The van der Waals surface area contributed by atoms with Crippen LogP contribution in [0.1, 0.15) is 30.4 Å². The molecule has 2 aromatic rings. The molecular weight excluding hydrogens is 420 g/mol. The van der Waals surface area contributed by atoms with E-state index in [4.69, 9.17) is 10.00 Å². The second kappa shape index (κ2) is 10.5. The van der Waals surface area contributed by atoms with Gasteiger partial charge in [-0.2, -0.15) is 10.4 Å². The molecule has 0 unspecified atom stereocenters. The van der Waals surface area contributed by atoms with Gasteiger partial charge in [-0.05, 0) is 44.0 Å². The maximum absolute atomic E-state index is 12.6. The highest BCUT2D eigenvalue weighted by molar-refractivity contribution is 5.76. The summed E-state index contributed by atoms with van der Waals surface area (Å²) in [5.74, 6) is 0.118. The molecule has 9 nitrogen and oxygen atoms in total. The van der Waals surface area contributed by atoms with Crippen LogP contribution < -0.4 is 15.4 Å². The van der Waals surface area contributed by atoms with Gasteiger partial charge in [-0.25, -0.2) is 5.10 Å². The molecule has 2 fully saturated rings. The SMILES string of the molecule is Cc1c(N2CCC[C@H]2COCCC(=O)N2CCN(c3ccc(C#N)cc3)CC2)cn[nH]c1=O. The van der Waals surface area contributed by atoms with Gasteiger partial charge in [-0.15, -0.1) is 0 Å². The molecule has 1 aromatic heterocycles. The Labute approximate surface area is 193 Å². The zero-order valence-electron chi connectivity index (χ0n) is 19.0. The number of carbonyl (C=O) groups excluding carboxylic acids is 1. The highest BCUT2D eigenvalue weighted by Gasteiger charge is 2.27. The van der Waals surface area contributed by atoms with Crippen molar-refractivity contribution in [1.29, 1.82) is 5.26 Å². The van der Waals surface area contributed by atoms with Gasteiger partial charge in [0.25, 0.3) is 5.56 Å². The van der Waals surface area contributed by atoms with Gasteiger partial charge in [0.15, 0.2) is 0 Å².